The quantitative estimate of drug-likeness (QED) is 0.668. The molecule has 1 heterocycles. The predicted molar refractivity (Wildman–Crippen MR) is 65.6 cm³/mol. The standard InChI is InChI=1S/C12H13N3O3/c16-15(17)11-5-8-7-13-14-10(8)6-12(11)18-9-3-1-2-4-9/h5-7,9H,1-4H2,(H,13,14). The van der Waals surface area contributed by atoms with E-state index in [9.17, 15) is 10.1 Å². The molecule has 94 valence electrons. The molecular weight excluding hydrogens is 234 g/mol. The summed E-state index contributed by atoms with van der Waals surface area (Å²) in [5, 5.41) is 18.4. The molecule has 0 amide bonds. The second-order valence-corrected chi connectivity index (χ2v) is 4.56. The van der Waals surface area contributed by atoms with E-state index < -0.39 is 4.92 Å². The number of benzene rings is 1. The minimum Gasteiger partial charge on any atom is -0.483 e. The van der Waals surface area contributed by atoms with E-state index in [1.807, 2.05) is 0 Å². The van der Waals surface area contributed by atoms with E-state index in [-0.39, 0.29) is 11.8 Å². The van der Waals surface area contributed by atoms with E-state index in [2.05, 4.69) is 10.2 Å². The van der Waals surface area contributed by atoms with Crippen molar-refractivity contribution in [3.8, 4) is 5.75 Å². The number of hydrogen-bond acceptors (Lipinski definition) is 4. The van der Waals surface area contributed by atoms with E-state index in [1.54, 1.807) is 12.3 Å². The molecule has 3 rings (SSSR count). The Bertz CT molecular complexity index is 587. The summed E-state index contributed by atoms with van der Waals surface area (Å²) < 4.78 is 5.76. The van der Waals surface area contributed by atoms with Crippen LogP contribution in [-0.2, 0) is 0 Å². The van der Waals surface area contributed by atoms with Crippen LogP contribution in [0.5, 0.6) is 5.75 Å². The zero-order valence-electron chi connectivity index (χ0n) is 9.76. The number of hydrogen-bond donors (Lipinski definition) is 1. The average Bonchev–Trinajstić information content (AvgIpc) is 2.97. The molecule has 6 heteroatoms. The largest absolute Gasteiger partial charge is 0.483 e. The van der Waals surface area contributed by atoms with Gasteiger partial charge in [0.2, 0.25) is 0 Å². The lowest BCUT2D eigenvalue weighted by atomic mass is 10.2. The van der Waals surface area contributed by atoms with Crippen LogP contribution in [0.25, 0.3) is 10.9 Å². The van der Waals surface area contributed by atoms with E-state index in [0.29, 0.717) is 5.75 Å². The van der Waals surface area contributed by atoms with Gasteiger partial charge in [-0.1, -0.05) is 0 Å². The molecule has 0 aliphatic heterocycles. The highest BCUT2D eigenvalue weighted by molar-refractivity contribution is 5.83. The van der Waals surface area contributed by atoms with Crippen molar-refractivity contribution in [2.75, 3.05) is 0 Å². The Balaban J connectivity index is 2.00. The molecule has 1 saturated carbocycles. The highest BCUT2D eigenvalue weighted by atomic mass is 16.6. The fourth-order valence-electron chi connectivity index (χ4n) is 2.38. The molecular formula is C12H13N3O3. The molecule has 18 heavy (non-hydrogen) atoms. The number of nitro groups is 1. The maximum atomic E-state index is 11.1. The number of nitrogens with zero attached hydrogens (tertiary/aromatic N) is 2. The van der Waals surface area contributed by atoms with Gasteiger partial charge in [0.05, 0.1) is 22.7 Å². The van der Waals surface area contributed by atoms with Crippen LogP contribution >= 0.6 is 0 Å². The predicted octanol–water partition coefficient (Wildman–Crippen LogP) is 2.79. The van der Waals surface area contributed by atoms with Gasteiger partial charge in [-0.2, -0.15) is 5.10 Å². The van der Waals surface area contributed by atoms with Gasteiger partial charge in [0.25, 0.3) is 0 Å². The second kappa shape index (κ2) is 4.29. The first kappa shape index (κ1) is 11.0. The van der Waals surface area contributed by atoms with E-state index in [1.165, 1.54) is 6.07 Å². The van der Waals surface area contributed by atoms with Gasteiger partial charge in [-0.3, -0.25) is 15.2 Å². The van der Waals surface area contributed by atoms with Gasteiger partial charge in [-0.15, -0.1) is 0 Å². The Hall–Kier alpha value is -2.11. The third-order valence-electron chi connectivity index (χ3n) is 3.31. The van der Waals surface area contributed by atoms with Crippen LogP contribution in [0.2, 0.25) is 0 Å². The maximum absolute atomic E-state index is 11.1. The number of H-pyrrole nitrogens is 1. The number of aromatic nitrogens is 2. The zero-order valence-corrected chi connectivity index (χ0v) is 9.76. The molecule has 0 radical (unpaired) electrons. The number of aromatic amines is 1. The third-order valence-corrected chi connectivity index (χ3v) is 3.31. The van der Waals surface area contributed by atoms with Crippen molar-refractivity contribution in [3.63, 3.8) is 0 Å². The summed E-state index contributed by atoms with van der Waals surface area (Å²) in [6.07, 6.45) is 5.87. The molecule has 1 aromatic carbocycles. The number of fused-ring (bicyclic) bond motifs is 1. The molecule has 2 aromatic rings. The Kier molecular flexibility index (Phi) is 2.62. The molecule has 1 aliphatic rings. The van der Waals surface area contributed by atoms with Crippen molar-refractivity contribution in [1.82, 2.24) is 10.2 Å². The maximum Gasteiger partial charge on any atom is 0.311 e. The molecule has 0 bridgehead atoms. The van der Waals surface area contributed by atoms with Gasteiger partial charge in [0, 0.05) is 17.5 Å². The number of nitro benzene ring substituents is 1. The molecule has 0 unspecified atom stereocenters. The lowest BCUT2D eigenvalue weighted by molar-refractivity contribution is -0.385. The van der Waals surface area contributed by atoms with Crippen molar-refractivity contribution in [3.05, 3.63) is 28.4 Å². The smallest absolute Gasteiger partial charge is 0.311 e. The van der Waals surface area contributed by atoms with Crippen LogP contribution in [-0.4, -0.2) is 21.2 Å². The molecule has 0 spiro atoms. The highest BCUT2D eigenvalue weighted by Gasteiger charge is 2.23. The second-order valence-electron chi connectivity index (χ2n) is 4.56. The fourth-order valence-corrected chi connectivity index (χ4v) is 2.38. The summed E-state index contributed by atoms with van der Waals surface area (Å²) in [6.45, 7) is 0. The van der Waals surface area contributed by atoms with Crippen LogP contribution in [0.15, 0.2) is 18.3 Å². The Morgan fingerprint density at radius 2 is 2.17 bits per heavy atom. The monoisotopic (exact) mass is 247 g/mol. The number of rotatable bonds is 3. The molecule has 6 nitrogen and oxygen atoms in total. The zero-order chi connectivity index (χ0) is 12.5. The fraction of sp³-hybridized carbons (Fsp3) is 0.417. The average molecular weight is 247 g/mol. The molecule has 1 N–H and O–H groups in total. The Labute approximate surface area is 103 Å². The molecule has 1 aliphatic carbocycles. The van der Waals surface area contributed by atoms with Crippen molar-refractivity contribution < 1.29 is 9.66 Å². The minimum absolute atomic E-state index is 0.0100. The van der Waals surface area contributed by atoms with Crippen molar-refractivity contribution in [1.29, 1.82) is 0 Å². The number of ether oxygens (including phenoxy) is 1. The van der Waals surface area contributed by atoms with E-state index in [0.717, 1.165) is 36.6 Å². The molecule has 1 aromatic heterocycles. The summed E-state index contributed by atoms with van der Waals surface area (Å²) in [4.78, 5) is 10.7. The molecule has 0 saturated heterocycles. The summed E-state index contributed by atoms with van der Waals surface area (Å²) in [7, 11) is 0. The molecule has 0 atom stereocenters. The SMILES string of the molecule is O=[N+]([O-])c1cc2cn[nH]c2cc1OC1CCCC1. The third kappa shape index (κ3) is 1.90. The molecule has 1 fully saturated rings. The van der Waals surface area contributed by atoms with Crippen LogP contribution in [0, 0.1) is 10.1 Å². The lowest BCUT2D eigenvalue weighted by Crippen LogP contribution is -2.12. The highest BCUT2D eigenvalue weighted by Crippen LogP contribution is 2.34. The van der Waals surface area contributed by atoms with Crippen LogP contribution in [0.3, 0.4) is 0 Å². The van der Waals surface area contributed by atoms with Gasteiger partial charge in [0.15, 0.2) is 5.75 Å². The van der Waals surface area contributed by atoms with Gasteiger partial charge in [-0.05, 0) is 25.7 Å². The topological polar surface area (TPSA) is 81.0 Å². The van der Waals surface area contributed by atoms with Crippen molar-refractivity contribution in [2.45, 2.75) is 31.8 Å². The van der Waals surface area contributed by atoms with Crippen LogP contribution < -0.4 is 4.74 Å². The Morgan fingerprint density at radius 1 is 1.39 bits per heavy atom. The van der Waals surface area contributed by atoms with Gasteiger partial charge in [-0.25, -0.2) is 0 Å². The van der Waals surface area contributed by atoms with Gasteiger partial charge < -0.3 is 4.74 Å². The number of nitrogens with one attached hydrogen (secondary N) is 1. The first-order chi connectivity index (χ1) is 8.74. The van der Waals surface area contributed by atoms with Crippen molar-refractivity contribution in [2.24, 2.45) is 0 Å². The Morgan fingerprint density at radius 3 is 2.89 bits per heavy atom. The lowest BCUT2D eigenvalue weighted by Gasteiger charge is -2.12. The van der Waals surface area contributed by atoms with Crippen LogP contribution in [0.1, 0.15) is 25.7 Å². The summed E-state index contributed by atoms with van der Waals surface area (Å²) in [5.74, 6) is 0.337. The normalized spacial score (nSPS) is 16.2. The summed E-state index contributed by atoms with van der Waals surface area (Å²) in [5.41, 5.74) is 0.768. The first-order valence-corrected chi connectivity index (χ1v) is 6.02. The summed E-state index contributed by atoms with van der Waals surface area (Å²) in [6, 6.07) is 3.17. The first-order valence-electron chi connectivity index (χ1n) is 6.02. The van der Waals surface area contributed by atoms with E-state index >= 15 is 0 Å². The van der Waals surface area contributed by atoms with Gasteiger partial charge >= 0.3 is 5.69 Å². The summed E-state index contributed by atoms with van der Waals surface area (Å²) >= 11 is 0. The van der Waals surface area contributed by atoms with Gasteiger partial charge in [0.1, 0.15) is 0 Å². The minimum atomic E-state index is -0.406. The van der Waals surface area contributed by atoms with Crippen LogP contribution in [0.4, 0.5) is 5.69 Å². The van der Waals surface area contributed by atoms with E-state index in [4.69, 9.17) is 4.74 Å². The van der Waals surface area contributed by atoms with Crippen molar-refractivity contribution >= 4 is 16.6 Å².